The number of aryl methyl sites for hydroxylation is 2. The van der Waals surface area contributed by atoms with Crippen molar-refractivity contribution in [3.8, 4) is 0 Å². The van der Waals surface area contributed by atoms with Crippen LogP contribution >= 0.6 is 0 Å². The van der Waals surface area contributed by atoms with Gasteiger partial charge in [0.15, 0.2) is 0 Å². The zero-order valence-corrected chi connectivity index (χ0v) is 26.0. The van der Waals surface area contributed by atoms with Gasteiger partial charge in [0.2, 0.25) is 0 Å². The third-order valence-corrected chi connectivity index (χ3v) is 69.8. The molecule has 8 unspecified atom stereocenters. The second-order valence-corrected chi connectivity index (χ2v) is 44.6. The van der Waals surface area contributed by atoms with E-state index in [4.69, 9.17) is 0 Å². The van der Waals surface area contributed by atoms with Crippen LogP contribution in [0.15, 0.2) is 36.4 Å². The molecule has 2 aromatic carbocycles. The van der Waals surface area contributed by atoms with Crippen LogP contribution in [0, 0.1) is 27.7 Å². The molecular weight excluding hydrogens is 496 g/mol. The van der Waals surface area contributed by atoms with E-state index in [1.165, 1.54) is 49.7 Å². The van der Waals surface area contributed by atoms with Gasteiger partial charge in [0.05, 0.1) is 0 Å². The van der Waals surface area contributed by atoms with Crippen molar-refractivity contribution in [2.75, 3.05) is 0 Å². The van der Waals surface area contributed by atoms with E-state index in [9.17, 15) is 0 Å². The van der Waals surface area contributed by atoms with Crippen LogP contribution in [0.4, 0.5) is 0 Å². The summed E-state index contributed by atoms with van der Waals surface area (Å²) in [6.07, 6.45) is 6.79. The minimum absolute atomic E-state index is 0.0608. The molecule has 0 radical (unpaired) electrons. The zero-order chi connectivity index (χ0) is 23.3. The van der Waals surface area contributed by atoms with E-state index in [-0.39, 0.29) is 19.0 Å². The molecule has 0 N–H and O–H groups in total. The van der Waals surface area contributed by atoms with Gasteiger partial charge in [-0.3, -0.25) is 0 Å². The van der Waals surface area contributed by atoms with Gasteiger partial charge in [0.25, 0.3) is 0 Å². The maximum absolute atomic E-state index is 3.13. The van der Waals surface area contributed by atoms with Gasteiger partial charge in [-0.2, -0.15) is 0 Å². The standard InChI is InChI=1S/2C16H21Si.Fe/c2*1-13-7-5-11-16(14(13)2)17-12-6-10-15-8-3-4-9-15;/h2*3-5,7-9,11H,6,10,12,17H2,1-2H3;. The van der Waals surface area contributed by atoms with Crippen LogP contribution < -0.4 is 10.4 Å². The Kier molecular flexibility index (Phi) is 1.48. The van der Waals surface area contributed by atoms with Crippen molar-refractivity contribution >= 4 is 29.4 Å². The summed E-state index contributed by atoms with van der Waals surface area (Å²) in [5.41, 5.74) is 6.30. The molecule has 0 bridgehead atoms. The number of rotatable bonds is 10. The first-order valence-corrected chi connectivity index (χ1v) is 24.7. The van der Waals surface area contributed by atoms with E-state index < -0.39 is 6.51 Å². The van der Waals surface area contributed by atoms with Crippen molar-refractivity contribution in [3.63, 3.8) is 0 Å². The van der Waals surface area contributed by atoms with Crippen LogP contribution in [-0.2, 0) is 6.51 Å². The first-order valence-electron chi connectivity index (χ1n) is 15.0. The van der Waals surface area contributed by atoms with Gasteiger partial charge in [-0.1, -0.05) is 0 Å². The minimum atomic E-state index is -3.13. The number of hydrogen-bond donors (Lipinski definition) is 0. The molecule has 0 aliphatic carbocycles. The van der Waals surface area contributed by atoms with Gasteiger partial charge in [-0.05, 0) is 0 Å². The maximum atomic E-state index is 2.47. The quantitative estimate of drug-likeness (QED) is 0.232. The van der Waals surface area contributed by atoms with Crippen molar-refractivity contribution in [1.29, 1.82) is 0 Å². The SMILES string of the molecule is Cc1cccc([SiH2]CCC[C]23[CH]4[CH]5[CH]6[CH]2[Fe]56432789[CH]3[CH]2[CH]7[C]8(CCC[SiH2]c2cccc(C)c2C)[CH]39)c1C. The predicted octanol–water partition coefficient (Wildman–Crippen LogP) is 6.74. The Balaban J connectivity index is 0.815. The number of fused-ring (bicyclic) bond motifs is 10. The summed E-state index contributed by atoms with van der Waals surface area (Å²) < 4.78 is 2.27. The number of benzene rings is 2. The van der Waals surface area contributed by atoms with E-state index in [0.29, 0.717) is 0 Å². The van der Waals surface area contributed by atoms with E-state index in [1.54, 1.807) is 59.3 Å². The molecule has 8 atom stereocenters. The summed E-state index contributed by atoms with van der Waals surface area (Å²) in [7, 11) is -0.122. The topological polar surface area (TPSA) is 0 Å². The summed E-state index contributed by atoms with van der Waals surface area (Å²) in [5.74, 6) is 0. The summed E-state index contributed by atoms with van der Waals surface area (Å²) in [5, 5.41) is 3.55. The molecule has 10 saturated heterocycles. The molecule has 0 saturated carbocycles. The molecule has 0 amide bonds. The third kappa shape index (κ3) is 0.453. The molecular formula is C32H42FeSi2. The Hall–Kier alpha value is -0.607. The van der Waals surface area contributed by atoms with Crippen molar-refractivity contribution in [3.05, 3.63) is 58.7 Å². The second kappa shape index (κ2) is 2.77. The van der Waals surface area contributed by atoms with Crippen LogP contribution in [0.1, 0.15) is 47.9 Å². The van der Waals surface area contributed by atoms with Gasteiger partial charge >= 0.3 is 207 Å². The molecule has 35 heavy (non-hydrogen) atoms. The van der Waals surface area contributed by atoms with Crippen molar-refractivity contribution < 1.29 is 6.51 Å². The molecule has 1 spiro atoms. The summed E-state index contributed by atoms with van der Waals surface area (Å²) >= 11 is 0. The number of hydrogen-bond acceptors (Lipinski definition) is 0. The van der Waals surface area contributed by atoms with Crippen LogP contribution in [0.3, 0.4) is 0 Å². The Morgan fingerprint density at radius 2 is 1.03 bits per heavy atom. The van der Waals surface area contributed by atoms with E-state index in [2.05, 4.69) is 64.1 Å². The molecule has 0 nitrogen and oxygen atoms in total. The summed E-state index contributed by atoms with van der Waals surface area (Å²) in [6, 6.07) is 17.4. The van der Waals surface area contributed by atoms with Crippen molar-refractivity contribution in [2.24, 2.45) is 0 Å². The van der Waals surface area contributed by atoms with E-state index >= 15 is 0 Å². The van der Waals surface area contributed by atoms with Crippen LogP contribution in [-0.4, -0.2) is 19.0 Å². The average Bonchev–Trinajstić information content (AvgIpc) is 3.80. The summed E-state index contributed by atoms with van der Waals surface area (Å²) in [4.78, 5) is 11.9. The molecule has 10 fully saturated rings. The monoisotopic (exact) mass is 538 g/mol. The second-order valence-electron chi connectivity index (χ2n) is 17.2. The van der Waals surface area contributed by atoms with Gasteiger partial charge in [0, 0.05) is 0 Å². The molecule has 186 valence electrons. The predicted molar refractivity (Wildman–Crippen MR) is 152 cm³/mol. The normalized spacial score (nSPS) is 66.7. The van der Waals surface area contributed by atoms with Gasteiger partial charge in [0.1, 0.15) is 0 Å². The van der Waals surface area contributed by atoms with Crippen LogP contribution in [0.25, 0.3) is 0 Å². The van der Waals surface area contributed by atoms with E-state index in [1.807, 2.05) is 0 Å². The zero-order valence-electron chi connectivity index (χ0n) is 22.1. The first-order chi connectivity index (χ1) is 16.7. The molecule has 12 rings (SSSR count). The first kappa shape index (κ1) is 18.6. The van der Waals surface area contributed by atoms with Crippen molar-refractivity contribution in [1.82, 2.24) is 0 Å². The molecule has 2 aromatic rings. The fourth-order valence-electron chi connectivity index (χ4n) is 22.4. The Morgan fingerprint density at radius 3 is 1.40 bits per heavy atom. The third-order valence-electron chi connectivity index (χ3n) is 21.4. The molecule has 10 aliphatic heterocycles. The Labute approximate surface area is 206 Å². The van der Waals surface area contributed by atoms with Gasteiger partial charge in [-0.25, -0.2) is 0 Å². The average molecular weight is 539 g/mol. The molecule has 10 aliphatic rings. The van der Waals surface area contributed by atoms with E-state index in [0.717, 1.165) is 8.63 Å². The molecule has 3 heteroatoms. The Bertz CT molecular complexity index is 1680. The summed E-state index contributed by atoms with van der Waals surface area (Å²) in [6.45, 7) is 6.26. The van der Waals surface area contributed by atoms with Crippen molar-refractivity contribution in [2.45, 2.75) is 113 Å². The van der Waals surface area contributed by atoms with Crippen LogP contribution in [0.2, 0.25) is 59.2 Å². The fraction of sp³-hybridized carbons (Fsp3) is 0.625. The molecule has 0 aromatic heterocycles. The van der Waals surface area contributed by atoms with Gasteiger partial charge < -0.3 is 0 Å². The molecule has 10 heterocycles. The van der Waals surface area contributed by atoms with Crippen LogP contribution in [0.5, 0.6) is 0 Å². The Morgan fingerprint density at radius 1 is 0.629 bits per heavy atom. The van der Waals surface area contributed by atoms with Gasteiger partial charge in [-0.15, -0.1) is 0 Å². The fourth-order valence-corrected chi connectivity index (χ4v) is 105.